The van der Waals surface area contributed by atoms with Gasteiger partial charge in [-0.05, 0) is 54.8 Å². The normalized spacial score (nSPS) is 12.1. The summed E-state index contributed by atoms with van der Waals surface area (Å²) in [6.07, 6.45) is 0. The third-order valence-electron chi connectivity index (χ3n) is 5.88. The van der Waals surface area contributed by atoms with Gasteiger partial charge in [0.1, 0.15) is 6.54 Å². The highest BCUT2D eigenvalue weighted by Gasteiger charge is 2.28. The average Bonchev–Trinajstić information content (AvgIpc) is 2.88. The van der Waals surface area contributed by atoms with E-state index in [4.69, 9.17) is 0 Å². The van der Waals surface area contributed by atoms with Crippen LogP contribution in [-0.2, 0) is 14.8 Å². The Balaban J connectivity index is 1.69. The van der Waals surface area contributed by atoms with E-state index in [1.54, 1.807) is 30.3 Å². The first kappa shape index (κ1) is 24.2. The lowest BCUT2D eigenvalue weighted by Gasteiger charge is -2.27. The molecule has 1 N–H and O–H groups in total. The van der Waals surface area contributed by atoms with E-state index in [9.17, 15) is 13.2 Å². The number of nitrogens with zero attached hydrogens (tertiary/aromatic N) is 1. The van der Waals surface area contributed by atoms with Gasteiger partial charge in [-0.25, -0.2) is 8.42 Å². The second-order valence-corrected chi connectivity index (χ2v) is 10.3. The second-order valence-electron chi connectivity index (χ2n) is 8.43. The van der Waals surface area contributed by atoms with Crippen LogP contribution in [0.3, 0.4) is 0 Å². The van der Waals surface area contributed by atoms with Crippen molar-refractivity contribution in [3.63, 3.8) is 0 Å². The van der Waals surface area contributed by atoms with Gasteiger partial charge in [-0.3, -0.25) is 9.10 Å². The maximum absolute atomic E-state index is 13.6. The van der Waals surface area contributed by atoms with Crippen LogP contribution >= 0.6 is 0 Å². The molecule has 4 rings (SSSR count). The summed E-state index contributed by atoms with van der Waals surface area (Å²) in [5, 5.41) is 3.08. The first-order valence-corrected chi connectivity index (χ1v) is 12.8. The molecule has 35 heavy (non-hydrogen) atoms. The highest BCUT2D eigenvalue weighted by Crippen LogP contribution is 2.27. The van der Waals surface area contributed by atoms with Crippen molar-refractivity contribution < 1.29 is 13.2 Å². The Morgan fingerprint density at radius 1 is 0.771 bits per heavy atom. The fourth-order valence-electron chi connectivity index (χ4n) is 3.98. The van der Waals surface area contributed by atoms with Crippen molar-refractivity contribution in [2.45, 2.75) is 24.8 Å². The zero-order chi connectivity index (χ0) is 24.8. The van der Waals surface area contributed by atoms with Crippen LogP contribution < -0.4 is 9.62 Å². The third-order valence-corrected chi connectivity index (χ3v) is 7.67. The van der Waals surface area contributed by atoms with Crippen LogP contribution in [0.25, 0.3) is 0 Å². The van der Waals surface area contributed by atoms with Crippen molar-refractivity contribution in [1.82, 2.24) is 5.32 Å². The quantitative estimate of drug-likeness (QED) is 0.364. The van der Waals surface area contributed by atoms with Crippen molar-refractivity contribution in [1.29, 1.82) is 0 Å². The zero-order valence-corrected chi connectivity index (χ0v) is 20.6. The molecule has 0 radical (unpaired) electrons. The molecule has 6 heteroatoms. The topological polar surface area (TPSA) is 66.5 Å². The molecule has 1 atom stereocenters. The van der Waals surface area contributed by atoms with E-state index in [-0.39, 0.29) is 11.4 Å². The molecular weight excluding hydrogens is 456 g/mol. The largest absolute Gasteiger partial charge is 0.344 e. The van der Waals surface area contributed by atoms with Crippen LogP contribution in [0.1, 0.15) is 28.3 Å². The van der Waals surface area contributed by atoms with Gasteiger partial charge in [-0.2, -0.15) is 0 Å². The van der Waals surface area contributed by atoms with Crippen molar-refractivity contribution in [2.75, 3.05) is 10.8 Å². The van der Waals surface area contributed by atoms with Crippen LogP contribution in [0, 0.1) is 13.8 Å². The predicted molar refractivity (Wildman–Crippen MR) is 140 cm³/mol. The fourth-order valence-corrected chi connectivity index (χ4v) is 5.42. The Hall–Kier alpha value is -3.90. The third kappa shape index (κ3) is 5.61. The number of sulfonamides is 1. The number of carbonyl (C=O) groups excluding carboxylic acids is 1. The van der Waals surface area contributed by atoms with Crippen LogP contribution in [0.4, 0.5) is 5.69 Å². The molecule has 1 unspecified atom stereocenters. The number of carbonyl (C=O) groups is 1. The van der Waals surface area contributed by atoms with Gasteiger partial charge in [0, 0.05) is 0 Å². The van der Waals surface area contributed by atoms with E-state index < -0.39 is 22.0 Å². The van der Waals surface area contributed by atoms with Crippen LogP contribution in [0.15, 0.2) is 114 Å². The Labute approximate surface area is 207 Å². The summed E-state index contributed by atoms with van der Waals surface area (Å²) >= 11 is 0. The van der Waals surface area contributed by atoms with Crippen LogP contribution in [0.2, 0.25) is 0 Å². The highest BCUT2D eigenvalue weighted by molar-refractivity contribution is 7.92. The Kier molecular flexibility index (Phi) is 7.32. The summed E-state index contributed by atoms with van der Waals surface area (Å²) < 4.78 is 28.3. The van der Waals surface area contributed by atoms with Gasteiger partial charge in [-0.1, -0.05) is 90.5 Å². The number of anilines is 1. The summed E-state index contributed by atoms with van der Waals surface area (Å²) in [4.78, 5) is 13.6. The molecule has 0 fully saturated rings. The lowest BCUT2D eigenvalue weighted by atomic mass is 9.95. The number of benzene rings is 4. The van der Waals surface area contributed by atoms with Crippen molar-refractivity contribution in [3.8, 4) is 0 Å². The number of aryl methyl sites for hydroxylation is 2. The second kappa shape index (κ2) is 10.6. The Morgan fingerprint density at radius 3 is 1.97 bits per heavy atom. The monoisotopic (exact) mass is 484 g/mol. The van der Waals surface area contributed by atoms with Gasteiger partial charge in [0.15, 0.2) is 0 Å². The van der Waals surface area contributed by atoms with Crippen molar-refractivity contribution in [3.05, 3.63) is 131 Å². The van der Waals surface area contributed by atoms with E-state index >= 15 is 0 Å². The summed E-state index contributed by atoms with van der Waals surface area (Å²) in [5.74, 6) is -0.401. The van der Waals surface area contributed by atoms with Gasteiger partial charge in [-0.15, -0.1) is 0 Å². The molecule has 5 nitrogen and oxygen atoms in total. The molecule has 4 aromatic carbocycles. The van der Waals surface area contributed by atoms with Crippen LogP contribution in [0.5, 0.6) is 0 Å². The first-order valence-electron chi connectivity index (χ1n) is 11.4. The van der Waals surface area contributed by atoms with E-state index in [1.165, 1.54) is 12.1 Å². The molecule has 0 bridgehead atoms. The van der Waals surface area contributed by atoms with E-state index in [0.29, 0.717) is 5.69 Å². The fraction of sp³-hybridized carbons (Fsp3) is 0.138. The molecule has 0 aliphatic heterocycles. The zero-order valence-electron chi connectivity index (χ0n) is 19.8. The van der Waals surface area contributed by atoms with Crippen LogP contribution in [-0.4, -0.2) is 20.9 Å². The standard InChI is InChI=1S/C29H28N2O3S/c1-22-17-19-25(20-18-22)31(35(33,34)26-14-7-4-8-15-26)21-28(32)30-29(24-12-5-3-6-13-24)27-16-10-9-11-23(27)2/h3-20,29H,21H2,1-2H3,(H,30,32). The first-order chi connectivity index (χ1) is 16.9. The number of hydrogen-bond acceptors (Lipinski definition) is 3. The van der Waals surface area contributed by atoms with Gasteiger partial charge in [0.05, 0.1) is 16.6 Å². The van der Waals surface area contributed by atoms with E-state index in [0.717, 1.165) is 26.6 Å². The molecular formula is C29H28N2O3S. The Morgan fingerprint density at radius 2 is 1.34 bits per heavy atom. The maximum Gasteiger partial charge on any atom is 0.264 e. The van der Waals surface area contributed by atoms with Crippen molar-refractivity contribution >= 4 is 21.6 Å². The lowest BCUT2D eigenvalue weighted by molar-refractivity contribution is -0.120. The number of rotatable bonds is 8. The molecule has 178 valence electrons. The van der Waals surface area contributed by atoms with Gasteiger partial charge >= 0.3 is 0 Å². The van der Waals surface area contributed by atoms with Gasteiger partial charge < -0.3 is 5.32 Å². The minimum atomic E-state index is -3.96. The summed E-state index contributed by atoms with van der Waals surface area (Å²) in [6, 6.07) is 32.4. The van der Waals surface area contributed by atoms with Gasteiger partial charge in [0.25, 0.3) is 10.0 Å². The van der Waals surface area contributed by atoms with Crippen molar-refractivity contribution in [2.24, 2.45) is 0 Å². The maximum atomic E-state index is 13.6. The molecule has 0 aliphatic carbocycles. The molecule has 0 aliphatic rings. The summed E-state index contributed by atoms with van der Waals surface area (Å²) in [7, 11) is -3.96. The molecule has 0 spiro atoms. The predicted octanol–water partition coefficient (Wildman–Crippen LogP) is 5.40. The molecule has 0 saturated carbocycles. The summed E-state index contributed by atoms with van der Waals surface area (Å²) in [5.41, 5.74) is 4.34. The van der Waals surface area contributed by atoms with E-state index in [2.05, 4.69) is 5.32 Å². The molecule has 1 amide bonds. The lowest BCUT2D eigenvalue weighted by Crippen LogP contribution is -2.42. The summed E-state index contributed by atoms with van der Waals surface area (Å²) in [6.45, 7) is 3.57. The Bertz CT molecular complexity index is 1390. The molecule has 0 saturated heterocycles. The minimum Gasteiger partial charge on any atom is -0.344 e. The number of amides is 1. The highest BCUT2D eigenvalue weighted by atomic mass is 32.2. The SMILES string of the molecule is Cc1ccc(N(CC(=O)NC(c2ccccc2)c2ccccc2C)S(=O)(=O)c2ccccc2)cc1. The average molecular weight is 485 g/mol. The molecule has 0 aromatic heterocycles. The molecule has 4 aromatic rings. The molecule has 0 heterocycles. The number of hydrogen-bond donors (Lipinski definition) is 1. The smallest absolute Gasteiger partial charge is 0.264 e. The minimum absolute atomic E-state index is 0.131. The number of nitrogens with one attached hydrogen (secondary N) is 1. The van der Waals surface area contributed by atoms with E-state index in [1.807, 2.05) is 80.6 Å². The van der Waals surface area contributed by atoms with Gasteiger partial charge in [0.2, 0.25) is 5.91 Å².